The van der Waals surface area contributed by atoms with Crippen molar-refractivity contribution in [1.82, 2.24) is 47.0 Å². The average molecular weight is 907 g/mol. The van der Waals surface area contributed by atoms with E-state index in [1.165, 1.54) is 23.6 Å². The minimum Gasteiger partial charge on any atom is -0.391 e. The molecule has 2 aliphatic rings. The summed E-state index contributed by atoms with van der Waals surface area (Å²) in [7, 11) is 0. The van der Waals surface area contributed by atoms with Crippen LogP contribution in [0.15, 0.2) is 4.99 Å². The normalized spacial score (nSPS) is 19.2. The highest BCUT2D eigenvalue weighted by Gasteiger charge is 2.42. The van der Waals surface area contributed by atoms with E-state index in [9.17, 15) is 48.3 Å². The van der Waals surface area contributed by atoms with E-state index in [1.54, 1.807) is 41.5 Å². The van der Waals surface area contributed by atoms with Gasteiger partial charge in [0.2, 0.25) is 53.2 Å². The molecule has 12 N–H and O–H groups in total. The third-order valence-electron chi connectivity index (χ3n) is 11.4. The summed E-state index contributed by atoms with van der Waals surface area (Å²) in [6.45, 7) is 13.7. The Labute approximate surface area is 376 Å². The van der Waals surface area contributed by atoms with Crippen LogP contribution in [0.1, 0.15) is 113 Å². The Morgan fingerprint density at radius 1 is 0.688 bits per heavy atom. The number of carbonyl (C=O) groups excluding carboxylic acids is 9. The number of hydrogen-bond acceptors (Lipinski definition) is 11. The summed E-state index contributed by atoms with van der Waals surface area (Å²) < 4.78 is 0. The number of likely N-dealkylation sites (N-methyl/N-ethyl adjacent to an activating group) is 1. The standard InChI is InChI=1S/C42H74N12O10/c1-9-15-27(49-39(62)34(25(7)55)52-38(61)33(24(6)10-2)51-37(60)32(23(4)5)50-31(57)22-47-26(8)56)40(63)54-21-14-18-30(54)36(59)48-28(16-12-19-46-42(43)44)41(64)53-20-13-17-29(53)35(58)45-11-3/h23-25,27-30,32-34,55H,9-22H2,1-8H3,(H,45,58)(H,47,56)(H,48,59)(H,49,62)(H,50,57)(H,51,60)(H,52,61)(H4,43,44,46)/t24-,25+,27-,28-,29-,30-,32-,33+,34-/m0/s1. The molecule has 2 heterocycles. The second kappa shape index (κ2) is 26.9. The van der Waals surface area contributed by atoms with Gasteiger partial charge in [0.1, 0.15) is 42.3 Å². The van der Waals surface area contributed by atoms with E-state index in [0.717, 1.165) is 0 Å². The molecular weight excluding hydrogens is 833 g/mol. The van der Waals surface area contributed by atoms with Crippen LogP contribution >= 0.6 is 0 Å². The van der Waals surface area contributed by atoms with Gasteiger partial charge in [0.25, 0.3) is 0 Å². The van der Waals surface area contributed by atoms with Crippen LogP contribution in [-0.2, 0) is 43.2 Å². The maximum Gasteiger partial charge on any atom is 0.245 e. The number of amides is 9. The van der Waals surface area contributed by atoms with Gasteiger partial charge in [-0.2, -0.15) is 0 Å². The number of nitrogens with zero attached hydrogens (tertiary/aromatic N) is 3. The molecule has 2 rings (SSSR count). The van der Waals surface area contributed by atoms with Crippen LogP contribution in [0.3, 0.4) is 0 Å². The van der Waals surface area contributed by atoms with E-state index >= 15 is 0 Å². The summed E-state index contributed by atoms with van der Waals surface area (Å²) in [5, 5.41) is 29.2. The van der Waals surface area contributed by atoms with Gasteiger partial charge in [0.15, 0.2) is 5.96 Å². The minimum atomic E-state index is -1.57. The number of rotatable bonds is 25. The number of guanidine groups is 1. The Kier molecular flexibility index (Phi) is 23.0. The molecular formula is C42H74N12O10. The fourth-order valence-electron chi connectivity index (χ4n) is 7.69. The van der Waals surface area contributed by atoms with Gasteiger partial charge in [-0.15, -0.1) is 0 Å². The molecule has 0 aliphatic carbocycles. The molecule has 22 heteroatoms. The van der Waals surface area contributed by atoms with Gasteiger partial charge >= 0.3 is 0 Å². The monoisotopic (exact) mass is 907 g/mol. The highest BCUT2D eigenvalue weighted by molar-refractivity contribution is 5.98. The average Bonchev–Trinajstić information content (AvgIpc) is 3.94. The number of aliphatic hydroxyl groups is 1. The van der Waals surface area contributed by atoms with Gasteiger partial charge in [0, 0.05) is 33.1 Å². The smallest absolute Gasteiger partial charge is 0.245 e. The second-order valence-corrected chi connectivity index (χ2v) is 16.9. The van der Waals surface area contributed by atoms with Crippen molar-refractivity contribution >= 4 is 59.1 Å². The number of likely N-dealkylation sites (tertiary alicyclic amines) is 2. The number of nitrogens with one attached hydrogen (secondary N) is 7. The zero-order valence-corrected chi connectivity index (χ0v) is 38.8. The van der Waals surface area contributed by atoms with Crippen LogP contribution in [-0.4, -0.2) is 155 Å². The van der Waals surface area contributed by atoms with Crippen molar-refractivity contribution in [3.8, 4) is 0 Å². The number of aliphatic imine (C=N–C) groups is 1. The van der Waals surface area contributed by atoms with Crippen molar-refractivity contribution in [1.29, 1.82) is 0 Å². The first-order valence-electron chi connectivity index (χ1n) is 22.6. The molecule has 9 amide bonds. The lowest BCUT2D eigenvalue weighted by atomic mass is 9.96. The number of hydrogen-bond donors (Lipinski definition) is 10. The summed E-state index contributed by atoms with van der Waals surface area (Å²) in [6.07, 6.45) is 1.83. The minimum absolute atomic E-state index is 0.126. The Morgan fingerprint density at radius 3 is 1.72 bits per heavy atom. The molecule has 0 aromatic heterocycles. The third-order valence-corrected chi connectivity index (χ3v) is 11.4. The van der Waals surface area contributed by atoms with Crippen molar-refractivity contribution in [3.63, 3.8) is 0 Å². The van der Waals surface area contributed by atoms with E-state index < -0.39 is 107 Å². The highest BCUT2D eigenvalue weighted by atomic mass is 16.3. The Morgan fingerprint density at radius 2 is 1.22 bits per heavy atom. The van der Waals surface area contributed by atoms with Crippen LogP contribution < -0.4 is 48.7 Å². The van der Waals surface area contributed by atoms with Crippen LogP contribution in [0.2, 0.25) is 0 Å². The number of aliphatic hydroxyl groups excluding tert-OH is 1. The largest absolute Gasteiger partial charge is 0.391 e. The number of carbonyl (C=O) groups is 9. The van der Waals surface area contributed by atoms with Crippen molar-refractivity contribution in [3.05, 3.63) is 0 Å². The lowest BCUT2D eigenvalue weighted by molar-refractivity contribution is -0.145. The summed E-state index contributed by atoms with van der Waals surface area (Å²) >= 11 is 0. The maximum absolute atomic E-state index is 14.2. The van der Waals surface area contributed by atoms with Crippen molar-refractivity contribution in [2.75, 3.05) is 32.7 Å². The van der Waals surface area contributed by atoms with Crippen LogP contribution in [0.4, 0.5) is 0 Å². The third kappa shape index (κ3) is 16.5. The SMILES string of the molecule is CCC[C@H](NC(=O)[C@@H](NC(=O)[C@H](NC(=O)[C@@H](NC(=O)CNC(C)=O)C(C)C)[C@@H](C)CC)[C@@H](C)O)C(=O)N1CCC[C@H]1C(=O)N[C@@H](CCCN=C(N)N)C(=O)N1CCC[C@H]1C(=O)NCC. The zero-order chi connectivity index (χ0) is 48.3. The maximum atomic E-state index is 14.2. The number of nitrogens with two attached hydrogens (primary N) is 2. The molecule has 0 aromatic carbocycles. The van der Waals surface area contributed by atoms with Gasteiger partial charge in [-0.05, 0) is 70.6 Å². The van der Waals surface area contributed by atoms with Crippen LogP contribution in [0, 0.1) is 11.8 Å². The molecule has 0 saturated carbocycles. The molecule has 0 spiro atoms. The molecule has 64 heavy (non-hydrogen) atoms. The molecule has 0 unspecified atom stereocenters. The summed E-state index contributed by atoms with van der Waals surface area (Å²) in [4.78, 5) is 127. The van der Waals surface area contributed by atoms with Gasteiger partial charge in [-0.3, -0.25) is 48.1 Å². The molecule has 0 radical (unpaired) electrons. The van der Waals surface area contributed by atoms with Crippen LogP contribution in [0.5, 0.6) is 0 Å². The van der Waals surface area contributed by atoms with E-state index in [4.69, 9.17) is 11.5 Å². The second-order valence-electron chi connectivity index (χ2n) is 16.9. The fourth-order valence-corrected chi connectivity index (χ4v) is 7.69. The van der Waals surface area contributed by atoms with Crippen molar-refractivity contribution < 1.29 is 48.3 Å². The van der Waals surface area contributed by atoms with Crippen molar-refractivity contribution in [2.24, 2.45) is 28.3 Å². The molecule has 2 aliphatic heterocycles. The molecule has 0 bridgehead atoms. The Balaban J connectivity index is 2.28. The fraction of sp³-hybridized carbons (Fsp3) is 0.762. The Hall–Kier alpha value is -5.54. The predicted molar refractivity (Wildman–Crippen MR) is 237 cm³/mol. The van der Waals surface area contributed by atoms with E-state index in [2.05, 4.69) is 42.2 Å². The lowest BCUT2D eigenvalue weighted by Gasteiger charge is -2.32. The highest BCUT2D eigenvalue weighted by Crippen LogP contribution is 2.23. The first-order chi connectivity index (χ1) is 30.2. The first kappa shape index (κ1) is 54.6. The van der Waals surface area contributed by atoms with Crippen molar-refractivity contribution in [2.45, 2.75) is 162 Å². The summed E-state index contributed by atoms with van der Waals surface area (Å²) in [5.74, 6) is -6.28. The lowest BCUT2D eigenvalue weighted by Crippen LogP contribution is -2.62. The molecule has 0 aromatic rings. The van der Waals surface area contributed by atoms with E-state index in [1.807, 2.05) is 0 Å². The van der Waals surface area contributed by atoms with E-state index in [-0.39, 0.29) is 50.8 Å². The summed E-state index contributed by atoms with van der Waals surface area (Å²) in [5.41, 5.74) is 11.0. The molecule has 362 valence electrons. The first-order valence-corrected chi connectivity index (χ1v) is 22.6. The van der Waals surface area contributed by atoms with E-state index in [0.29, 0.717) is 51.6 Å². The van der Waals surface area contributed by atoms with Crippen LogP contribution in [0.25, 0.3) is 0 Å². The molecule has 9 atom stereocenters. The predicted octanol–water partition coefficient (Wildman–Crippen LogP) is -2.40. The summed E-state index contributed by atoms with van der Waals surface area (Å²) in [6, 6.07) is -7.75. The van der Waals surface area contributed by atoms with Gasteiger partial charge in [-0.25, -0.2) is 0 Å². The topological polar surface area (TPSA) is 329 Å². The Bertz CT molecular complexity index is 1670. The van der Waals surface area contributed by atoms with Gasteiger partial charge in [-0.1, -0.05) is 47.5 Å². The van der Waals surface area contributed by atoms with Gasteiger partial charge in [0.05, 0.1) is 12.6 Å². The zero-order valence-electron chi connectivity index (χ0n) is 38.8. The quantitative estimate of drug-likeness (QED) is 0.0261. The molecule has 22 nitrogen and oxygen atoms in total. The molecule has 2 fully saturated rings. The van der Waals surface area contributed by atoms with Gasteiger partial charge < -0.3 is 63.6 Å². The molecule has 2 saturated heterocycles.